The molecule has 0 aliphatic carbocycles. The lowest BCUT2D eigenvalue weighted by atomic mass is 10.1. The number of carbonyl (C=O) groups excluding carboxylic acids is 1. The number of thiazole rings is 1. The minimum Gasteiger partial charge on any atom is -0.348 e. The average molecular weight is 441 g/mol. The molecule has 11 heteroatoms. The Labute approximate surface area is 168 Å². The molecule has 0 spiro atoms. The van der Waals surface area contributed by atoms with E-state index in [1.165, 1.54) is 42.6 Å². The molecule has 0 aliphatic rings. The van der Waals surface area contributed by atoms with Crippen LogP contribution in [0.4, 0.5) is 18.3 Å². The summed E-state index contributed by atoms with van der Waals surface area (Å²) in [7, 11) is -3.91. The van der Waals surface area contributed by atoms with Crippen molar-refractivity contribution in [2.45, 2.75) is 17.6 Å². The molecule has 0 bridgehead atoms. The molecule has 0 aliphatic heterocycles. The number of nitrogens with zero attached hydrogens (tertiary/aromatic N) is 1. The van der Waals surface area contributed by atoms with Crippen LogP contribution >= 0.6 is 11.3 Å². The molecule has 152 valence electrons. The van der Waals surface area contributed by atoms with E-state index in [-0.39, 0.29) is 22.1 Å². The minimum absolute atomic E-state index is 0.00862. The molecule has 2 aromatic carbocycles. The maximum atomic E-state index is 12.6. The Morgan fingerprint density at radius 3 is 2.45 bits per heavy atom. The fraction of sp³-hybridized carbons (Fsp3) is 0.111. The van der Waals surface area contributed by atoms with Crippen LogP contribution in [0.5, 0.6) is 0 Å². The normalized spacial score (nSPS) is 11.8. The summed E-state index contributed by atoms with van der Waals surface area (Å²) in [6.07, 6.45) is -2.98. The molecule has 1 aromatic heterocycles. The molecular weight excluding hydrogens is 427 g/mol. The lowest BCUT2D eigenvalue weighted by Gasteiger charge is -2.10. The Kier molecular flexibility index (Phi) is 5.89. The number of amides is 1. The van der Waals surface area contributed by atoms with Crippen molar-refractivity contribution in [2.75, 3.05) is 4.72 Å². The minimum atomic E-state index is -4.43. The highest BCUT2D eigenvalue weighted by atomic mass is 32.2. The first kappa shape index (κ1) is 20.8. The Balaban J connectivity index is 1.68. The van der Waals surface area contributed by atoms with Crippen molar-refractivity contribution in [3.05, 3.63) is 76.8 Å². The van der Waals surface area contributed by atoms with Crippen molar-refractivity contribution >= 4 is 32.4 Å². The first-order valence-corrected chi connectivity index (χ1v) is 10.5. The average Bonchev–Trinajstić information content (AvgIpc) is 3.18. The van der Waals surface area contributed by atoms with Gasteiger partial charge in [-0.05, 0) is 35.9 Å². The fourth-order valence-corrected chi connectivity index (χ4v) is 4.18. The van der Waals surface area contributed by atoms with Crippen molar-refractivity contribution in [3.8, 4) is 0 Å². The molecule has 3 rings (SSSR count). The number of alkyl halides is 3. The van der Waals surface area contributed by atoms with Crippen LogP contribution in [0, 0.1) is 0 Å². The van der Waals surface area contributed by atoms with Crippen molar-refractivity contribution in [1.29, 1.82) is 0 Å². The number of hydrogen-bond acceptors (Lipinski definition) is 5. The molecule has 3 aromatic rings. The van der Waals surface area contributed by atoms with E-state index in [9.17, 15) is 26.4 Å². The summed E-state index contributed by atoms with van der Waals surface area (Å²) in [6.45, 7) is -0.00862. The van der Waals surface area contributed by atoms with E-state index >= 15 is 0 Å². The lowest BCUT2D eigenvalue weighted by Crippen LogP contribution is -2.23. The number of carbonyl (C=O) groups is 1. The number of anilines is 1. The van der Waals surface area contributed by atoms with Gasteiger partial charge >= 0.3 is 6.18 Å². The molecule has 6 nitrogen and oxygen atoms in total. The number of benzene rings is 2. The molecular formula is C18H14F3N3O3S2. The van der Waals surface area contributed by atoms with Gasteiger partial charge in [-0.15, -0.1) is 11.3 Å². The van der Waals surface area contributed by atoms with E-state index in [0.717, 1.165) is 23.5 Å². The second kappa shape index (κ2) is 8.21. The van der Waals surface area contributed by atoms with Gasteiger partial charge in [-0.1, -0.05) is 18.2 Å². The van der Waals surface area contributed by atoms with Crippen LogP contribution in [0.2, 0.25) is 0 Å². The number of aromatic nitrogens is 1. The lowest BCUT2D eigenvalue weighted by molar-refractivity contribution is -0.137. The second-order valence-electron chi connectivity index (χ2n) is 5.85. The second-order valence-corrected chi connectivity index (χ2v) is 8.42. The largest absolute Gasteiger partial charge is 0.416 e. The standard InChI is InChI=1S/C18H14F3N3O3S2/c19-18(20,21)14-6-4-12(5-7-14)11-23-16(25)13-2-1-3-15(10-13)29(26,27)24-17-22-8-9-28-17/h1-10H,11H2,(H,22,24)(H,23,25). The SMILES string of the molecule is O=C(NCc1ccc(C(F)(F)F)cc1)c1cccc(S(=O)(=O)Nc2nccs2)c1. The predicted octanol–water partition coefficient (Wildman–Crippen LogP) is 3.89. The molecule has 2 N–H and O–H groups in total. The van der Waals surface area contributed by atoms with Crippen molar-refractivity contribution in [3.63, 3.8) is 0 Å². The third-order valence-electron chi connectivity index (χ3n) is 3.79. The summed E-state index contributed by atoms with van der Waals surface area (Å²) in [4.78, 5) is 16.1. The highest BCUT2D eigenvalue weighted by Crippen LogP contribution is 2.29. The van der Waals surface area contributed by atoms with E-state index in [1.807, 2.05) is 0 Å². The van der Waals surface area contributed by atoms with E-state index in [1.54, 1.807) is 5.38 Å². The van der Waals surface area contributed by atoms with Gasteiger partial charge in [-0.25, -0.2) is 13.4 Å². The van der Waals surface area contributed by atoms with Gasteiger partial charge in [0.05, 0.1) is 10.5 Å². The molecule has 0 radical (unpaired) electrons. The highest BCUT2D eigenvalue weighted by molar-refractivity contribution is 7.93. The number of halogens is 3. The molecule has 0 unspecified atom stereocenters. The van der Waals surface area contributed by atoms with Crippen molar-refractivity contribution in [1.82, 2.24) is 10.3 Å². The Bertz CT molecular complexity index is 1100. The van der Waals surface area contributed by atoms with Gasteiger partial charge in [-0.3, -0.25) is 9.52 Å². The summed E-state index contributed by atoms with van der Waals surface area (Å²) in [5.41, 5.74) is -0.210. The monoisotopic (exact) mass is 441 g/mol. The molecule has 1 heterocycles. The third kappa shape index (κ3) is 5.33. The van der Waals surface area contributed by atoms with Crippen LogP contribution in [-0.4, -0.2) is 19.3 Å². The summed E-state index contributed by atoms with van der Waals surface area (Å²) < 4.78 is 64.9. The maximum Gasteiger partial charge on any atom is 0.416 e. The Morgan fingerprint density at radius 2 is 1.83 bits per heavy atom. The van der Waals surface area contributed by atoms with Gasteiger partial charge in [0.25, 0.3) is 15.9 Å². The zero-order valence-electron chi connectivity index (χ0n) is 14.6. The fourth-order valence-electron chi connectivity index (χ4n) is 2.35. The molecule has 0 fully saturated rings. The van der Waals surface area contributed by atoms with Gasteiger partial charge < -0.3 is 5.32 Å². The van der Waals surface area contributed by atoms with E-state index < -0.39 is 27.7 Å². The van der Waals surface area contributed by atoms with Crippen LogP contribution in [0.3, 0.4) is 0 Å². The zero-order valence-corrected chi connectivity index (χ0v) is 16.2. The Hall–Kier alpha value is -2.92. The number of sulfonamides is 1. The quantitative estimate of drug-likeness (QED) is 0.608. The Morgan fingerprint density at radius 1 is 1.10 bits per heavy atom. The summed E-state index contributed by atoms with van der Waals surface area (Å²) in [5, 5.41) is 4.36. The summed E-state index contributed by atoms with van der Waals surface area (Å²) in [5.74, 6) is -0.559. The summed E-state index contributed by atoms with van der Waals surface area (Å²) in [6, 6.07) is 9.79. The van der Waals surface area contributed by atoms with Crippen LogP contribution < -0.4 is 10.0 Å². The van der Waals surface area contributed by atoms with Gasteiger partial charge in [0.2, 0.25) is 0 Å². The first-order valence-electron chi connectivity index (χ1n) is 8.12. The van der Waals surface area contributed by atoms with Gasteiger partial charge in [0, 0.05) is 23.7 Å². The van der Waals surface area contributed by atoms with Gasteiger partial charge in [-0.2, -0.15) is 13.2 Å². The van der Waals surface area contributed by atoms with Crippen LogP contribution in [0.25, 0.3) is 0 Å². The predicted molar refractivity (Wildman–Crippen MR) is 102 cm³/mol. The van der Waals surface area contributed by atoms with E-state index in [4.69, 9.17) is 0 Å². The van der Waals surface area contributed by atoms with Crippen LogP contribution in [0.1, 0.15) is 21.5 Å². The van der Waals surface area contributed by atoms with Crippen molar-refractivity contribution < 1.29 is 26.4 Å². The zero-order chi connectivity index (χ0) is 21.1. The molecule has 1 amide bonds. The molecule has 29 heavy (non-hydrogen) atoms. The topological polar surface area (TPSA) is 88.2 Å². The third-order valence-corrected chi connectivity index (χ3v) is 5.95. The smallest absolute Gasteiger partial charge is 0.348 e. The van der Waals surface area contributed by atoms with E-state index in [2.05, 4.69) is 15.0 Å². The van der Waals surface area contributed by atoms with Crippen molar-refractivity contribution in [2.24, 2.45) is 0 Å². The summed E-state index contributed by atoms with van der Waals surface area (Å²) >= 11 is 1.11. The van der Waals surface area contributed by atoms with Crippen LogP contribution in [0.15, 0.2) is 65.0 Å². The number of nitrogens with one attached hydrogen (secondary N) is 2. The van der Waals surface area contributed by atoms with Gasteiger partial charge in [0.15, 0.2) is 5.13 Å². The van der Waals surface area contributed by atoms with E-state index in [0.29, 0.717) is 5.56 Å². The molecule has 0 saturated carbocycles. The maximum absolute atomic E-state index is 12.6. The molecule has 0 atom stereocenters. The number of hydrogen-bond donors (Lipinski definition) is 2. The number of rotatable bonds is 6. The first-order chi connectivity index (χ1) is 13.6. The van der Waals surface area contributed by atoms with Crippen LogP contribution in [-0.2, 0) is 22.7 Å². The highest BCUT2D eigenvalue weighted by Gasteiger charge is 2.29. The van der Waals surface area contributed by atoms with Gasteiger partial charge in [0.1, 0.15) is 0 Å². The molecule has 0 saturated heterocycles.